The van der Waals surface area contributed by atoms with Gasteiger partial charge >= 0.3 is 0 Å². The SMILES string of the molecule is COc1ccc(-c2nn(-c3ccc(F)cc3)c(=O)c3ccccc23)cc1/C=[N+](\[O-])Cc1ccccc1. The minimum absolute atomic E-state index is 0.185. The summed E-state index contributed by atoms with van der Waals surface area (Å²) in [6.45, 7) is 0.185. The molecule has 0 aliphatic rings. The van der Waals surface area contributed by atoms with Crippen LogP contribution in [-0.4, -0.2) is 27.8 Å². The van der Waals surface area contributed by atoms with Crippen LogP contribution in [0.25, 0.3) is 27.7 Å². The Labute approximate surface area is 206 Å². The van der Waals surface area contributed by atoms with Gasteiger partial charge in [-0.25, -0.2) is 9.13 Å². The molecule has 0 atom stereocenters. The lowest BCUT2D eigenvalue weighted by atomic mass is 10.0. The molecular weight excluding hydrogens is 457 g/mol. The fourth-order valence-corrected chi connectivity index (χ4v) is 4.11. The lowest BCUT2D eigenvalue weighted by Gasteiger charge is -2.13. The van der Waals surface area contributed by atoms with Crippen molar-refractivity contribution < 1.29 is 13.9 Å². The van der Waals surface area contributed by atoms with Gasteiger partial charge in [-0.2, -0.15) is 9.78 Å². The summed E-state index contributed by atoms with van der Waals surface area (Å²) in [6.07, 6.45) is 1.48. The molecule has 0 saturated carbocycles. The molecule has 0 N–H and O–H groups in total. The fourth-order valence-electron chi connectivity index (χ4n) is 4.11. The first-order chi connectivity index (χ1) is 17.5. The van der Waals surface area contributed by atoms with Crippen LogP contribution in [0.4, 0.5) is 4.39 Å². The molecule has 0 radical (unpaired) electrons. The molecule has 1 heterocycles. The molecule has 5 aromatic rings. The number of fused-ring (bicyclic) bond motifs is 1. The number of nitrogens with zero attached hydrogens (tertiary/aromatic N) is 3. The maximum atomic E-state index is 13.5. The molecule has 0 spiro atoms. The van der Waals surface area contributed by atoms with Crippen molar-refractivity contribution in [2.45, 2.75) is 6.54 Å². The van der Waals surface area contributed by atoms with Crippen LogP contribution in [0.2, 0.25) is 0 Å². The molecule has 4 aromatic carbocycles. The van der Waals surface area contributed by atoms with E-state index in [4.69, 9.17) is 4.74 Å². The van der Waals surface area contributed by atoms with Crippen molar-refractivity contribution >= 4 is 17.0 Å². The molecule has 7 heteroatoms. The van der Waals surface area contributed by atoms with Gasteiger partial charge in [0.15, 0.2) is 12.8 Å². The smallest absolute Gasteiger partial charge is 0.279 e. The van der Waals surface area contributed by atoms with Gasteiger partial charge in [0.05, 0.1) is 29.4 Å². The summed E-state index contributed by atoms with van der Waals surface area (Å²) >= 11 is 0. The van der Waals surface area contributed by atoms with Crippen molar-refractivity contribution in [1.29, 1.82) is 0 Å². The number of halogens is 1. The summed E-state index contributed by atoms with van der Waals surface area (Å²) in [4.78, 5) is 13.2. The molecule has 36 heavy (non-hydrogen) atoms. The molecule has 6 nitrogen and oxygen atoms in total. The maximum absolute atomic E-state index is 13.5. The van der Waals surface area contributed by atoms with Gasteiger partial charge in [0.1, 0.15) is 11.6 Å². The van der Waals surface area contributed by atoms with Crippen LogP contribution in [0.5, 0.6) is 5.75 Å². The summed E-state index contributed by atoms with van der Waals surface area (Å²) in [5, 5.41) is 18.5. The molecular formula is C29H22FN3O3. The third-order valence-corrected chi connectivity index (χ3v) is 5.84. The zero-order valence-corrected chi connectivity index (χ0v) is 19.5. The molecule has 5 rings (SSSR count). The van der Waals surface area contributed by atoms with E-state index in [2.05, 4.69) is 5.10 Å². The van der Waals surface area contributed by atoms with Gasteiger partial charge in [0.2, 0.25) is 0 Å². The van der Waals surface area contributed by atoms with E-state index < -0.39 is 5.82 Å². The summed E-state index contributed by atoms with van der Waals surface area (Å²) in [6, 6.07) is 27.6. The Kier molecular flexibility index (Phi) is 6.28. The van der Waals surface area contributed by atoms with Crippen LogP contribution >= 0.6 is 0 Å². The third-order valence-electron chi connectivity index (χ3n) is 5.84. The first kappa shape index (κ1) is 23.0. The van der Waals surface area contributed by atoms with E-state index in [1.165, 1.54) is 35.2 Å². The second-order valence-electron chi connectivity index (χ2n) is 8.23. The van der Waals surface area contributed by atoms with Gasteiger partial charge < -0.3 is 9.94 Å². The van der Waals surface area contributed by atoms with Gasteiger partial charge in [-0.15, -0.1) is 0 Å². The predicted molar refractivity (Wildman–Crippen MR) is 138 cm³/mol. The van der Waals surface area contributed by atoms with E-state index in [1.807, 2.05) is 54.6 Å². The van der Waals surface area contributed by atoms with Gasteiger partial charge in [-0.05, 0) is 48.5 Å². The quantitative estimate of drug-likeness (QED) is 0.143. The number of hydrogen-bond acceptors (Lipinski definition) is 4. The lowest BCUT2D eigenvalue weighted by Crippen LogP contribution is -2.22. The minimum atomic E-state index is -0.402. The number of aromatic nitrogens is 2. The Morgan fingerprint density at radius 1 is 0.944 bits per heavy atom. The molecule has 0 bridgehead atoms. The molecule has 0 saturated heterocycles. The third kappa shape index (κ3) is 4.59. The first-order valence-electron chi connectivity index (χ1n) is 11.3. The molecule has 0 fully saturated rings. The molecule has 0 amide bonds. The molecule has 178 valence electrons. The predicted octanol–water partition coefficient (Wildman–Crippen LogP) is 5.33. The maximum Gasteiger partial charge on any atom is 0.279 e. The molecule has 1 aromatic heterocycles. The largest absolute Gasteiger partial charge is 0.624 e. The Hall–Kier alpha value is -4.78. The fraction of sp³-hybridized carbons (Fsp3) is 0.0690. The van der Waals surface area contributed by atoms with Crippen molar-refractivity contribution in [3.05, 3.63) is 130 Å². The van der Waals surface area contributed by atoms with Crippen LogP contribution in [0.15, 0.2) is 102 Å². The Morgan fingerprint density at radius 2 is 1.64 bits per heavy atom. The van der Waals surface area contributed by atoms with E-state index in [9.17, 15) is 14.4 Å². The highest BCUT2D eigenvalue weighted by atomic mass is 19.1. The summed E-state index contributed by atoms with van der Waals surface area (Å²) in [7, 11) is 1.54. The van der Waals surface area contributed by atoms with E-state index in [1.54, 1.807) is 25.3 Å². The van der Waals surface area contributed by atoms with Gasteiger partial charge in [-0.1, -0.05) is 48.5 Å². The normalized spacial score (nSPS) is 11.6. The minimum Gasteiger partial charge on any atom is -0.624 e. The lowest BCUT2D eigenvalue weighted by molar-refractivity contribution is -0.469. The Balaban J connectivity index is 1.65. The topological polar surface area (TPSA) is 70.2 Å². The number of hydroxylamine groups is 1. The second kappa shape index (κ2) is 9.84. The number of benzene rings is 4. The highest BCUT2D eigenvalue weighted by Crippen LogP contribution is 2.29. The van der Waals surface area contributed by atoms with Crippen molar-refractivity contribution in [2.75, 3.05) is 7.11 Å². The number of methoxy groups -OCH3 is 1. The van der Waals surface area contributed by atoms with Crippen molar-refractivity contribution in [1.82, 2.24) is 9.78 Å². The van der Waals surface area contributed by atoms with Crippen LogP contribution in [0.1, 0.15) is 11.1 Å². The van der Waals surface area contributed by atoms with Crippen molar-refractivity contribution in [3.8, 4) is 22.7 Å². The highest BCUT2D eigenvalue weighted by Gasteiger charge is 2.16. The van der Waals surface area contributed by atoms with Crippen LogP contribution < -0.4 is 10.3 Å². The van der Waals surface area contributed by atoms with Gasteiger partial charge in [0.25, 0.3) is 5.56 Å². The van der Waals surface area contributed by atoms with Crippen LogP contribution in [0.3, 0.4) is 0 Å². The van der Waals surface area contributed by atoms with Crippen LogP contribution in [0, 0.1) is 11.0 Å². The molecule has 0 aliphatic carbocycles. The Bertz CT molecular complexity index is 1630. The summed E-state index contributed by atoms with van der Waals surface area (Å²) in [5.74, 6) is 0.129. The van der Waals surface area contributed by atoms with Gasteiger partial charge in [-0.3, -0.25) is 4.79 Å². The van der Waals surface area contributed by atoms with Crippen molar-refractivity contribution in [2.24, 2.45) is 0 Å². The van der Waals surface area contributed by atoms with Gasteiger partial charge in [0, 0.05) is 16.5 Å². The van der Waals surface area contributed by atoms with E-state index in [0.29, 0.717) is 39.0 Å². The number of rotatable bonds is 6. The summed E-state index contributed by atoms with van der Waals surface area (Å²) in [5.41, 5.74) is 2.84. The highest BCUT2D eigenvalue weighted by molar-refractivity contribution is 5.95. The Morgan fingerprint density at radius 3 is 2.36 bits per heavy atom. The number of hydrogen-bond donors (Lipinski definition) is 0. The summed E-state index contributed by atoms with van der Waals surface area (Å²) < 4.78 is 21.1. The number of ether oxygens (including phenoxy) is 1. The zero-order chi connectivity index (χ0) is 25.1. The van der Waals surface area contributed by atoms with E-state index >= 15 is 0 Å². The average molecular weight is 480 g/mol. The monoisotopic (exact) mass is 479 g/mol. The van der Waals surface area contributed by atoms with Crippen molar-refractivity contribution in [3.63, 3.8) is 0 Å². The second-order valence-corrected chi connectivity index (χ2v) is 8.23. The molecule has 0 aliphatic heterocycles. The molecule has 0 unspecified atom stereocenters. The van der Waals surface area contributed by atoms with E-state index in [0.717, 1.165) is 10.3 Å². The zero-order valence-electron chi connectivity index (χ0n) is 19.5. The first-order valence-corrected chi connectivity index (χ1v) is 11.3. The standard InChI is InChI=1S/C29H22FN3O3/c1-36-27-16-11-21(17-22(27)19-32(35)18-20-7-3-2-4-8-20)28-25-9-5-6-10-26(25)29(34)33(31-28)24-14-12-23(30)13-15-24/h2-17,19H,18H2,1H3/b32-19-. The van der Waals surface area contributed by atoms with E-state index in [-0.39, 0.29) is 12.1 Å². The van der Waals surface area contributed by atoms with Crippen LogP contribution in [-0.2, 0) is 6.54 Å². The average Bonchev–Trinajstić information content (AvgIpc) is 2.90.